The molecule has 1 aromatic rings. The van der Waals surface area contributed by atoms with Crippen LogP contribution < -0.4 is 5.48 Å². The first-order valence-electron chi connectivity index (χ1n) is 5.21. The van der Waals surface area contributed by atoms with Crippen molar-refractivity contribution >= 4 is 18.7 Å². The lowest BCUT2D eigenvalue weighted by Crippen LogP contribution is -2.19. The molecule has 1 aromatic carbocycles. The van der Waals surface area contributed by atoms with E-state index in [1.165, 1.54) is 5.56 Å². The smallest absolute Gasteiger partial charge is 0.274 e. The van der Waals surface area contributed by atoms with Crippen molar-refractivity contribution in [3.63, 3.8) is 0 Å². The maximum absolute atomic E-state index is 11.3. The van der Waals surface area contributed by atoms with Crippen molar-refractivity contribution in [2.24, 2.45) is 0 Å². The van der Waals surface area contributed by atoms with Crippen LogP contribution >= 0.6 is 12.8 Å². The minimum absolute atomic E-state index is 0.474. The zero-order chi connectivity index (χ0) is 11.5. The number of aryl methyl sites for hydroxylation is 1. The van der Waals surface area contributed by atoms with Gasteiger partial charge in [0.05, 0.1) is 0 Å². The van der Waals surface area contributed by atoms with Crippen molar-refractivity contribution < 1.29 is 10.0 Å². The Hall–Kier alpha value is -1.04. The highest BCUT2D eigenvalue weighted by Crippen LogP contribution is 2.21. The fourth-order valence-electron chi connectivity index (χ4n) is 1.95. The molecule has 1 heterocycles. The lowest BCUT2D eigenvalue weighted by molar-refractivity contribution is 0.0706. The van der Waals surface area contributed by atoms with Gasteiger partial charge in [0.2, 0.25) is 0 Å². The van der Waals surface area contributed by atoms with E-state index in [9.17, 15) is 4.79 Å². The van der Waals surface area contributed by atoms with E-state index in [0.29, 0.717) is 5.56 Å². The van der Waals surface area contributed by atoms with Crippen molar-refractivity contribution in [3.8, 4) is 0 Å². The van der Waals surface area contributed by atoms with Crippen LogP contribution in [0.15, 0.2) is 18.2 Å². The number of hydrogen-bond acceptors (Lipinski definition) is 4. The van der Waals surface area contributed by atoms with Gasteiger partial charge in [0, 0.05) is 18.7 Å². The van der Waals surface area contributed by atoms with E-state index in [1.54, 1.807) is 11.5 Å². The summed E-state index contributed by atoms with van der Waals surface area (Å²) >= 11 is 4.35. The predicted octanol–water partition coefficient (Wildman–Crippen LogP) is 1.40. The Labute approximate surface area is 99.8 Å². The van der Waals surface area contributed by atoms with E-state index in [4.69, 9.17) is 5.21 Å². The van der Waals surface area contributed by atoms with Gasteiger partial charge in [-0.3, -0.25) is 10.0 Å². The summed E-state index contributed by atoms with van der Waals surface area (Å²) in [5.74, 6) is -0.474. The van der Waals surface area contributed by atoms with Gasteiger partial charge in [0.1, 0.15) is 0 Å². The maximum Gasteiger partial charge on any atom is 0.274 e. The molecule has 0 aromatic heterocycles. The van der Waals surface area contributed by atoms with Crippen molar-refractivity contribution in [2.45, 2.75) is 19.4 Å². The third-order valence-corrected chi connectivity index (χ3v) is 3.13. The molecular formula is C11H14N2O2S. The maximum atomic E-state index is 11.3. The predicted molar refractivity (Wildman–Crippen MR) is 63.4 cm³/mol. The fraction of sp³-hybridized carbons (Fsp3) is 0.364. The van der Waals surface area contributed by atoms with Crippen molar-refractivity contribution in [1.82, 2.24) is 9.79 Å². The van der Waals surface area contributed by atoms with Crippen LogP contribution in [0, 0.1) is 0 Å². The van der Waals surface area contributed by atoms with Gasteiger partial charge >= 0.3 is 0 Å². The average Bonchev–Trinajstić information content (AvgIpc) is 2.47. The summed E-state index contributed by atoms with van der Waals surface area (Å²) in [5.41, 5.74) is 4.48. The van der Waals surface area contributed by atoms with Gasteiger partial charge in [-0.05, 0) is 36.1 Å². The standard InChI is InChI=1S/C11H14N2O2S/c14-11(12-15)9-4-3-8-2-1-5-13(16)7-10(8)6-9/h3-4,6,15-16H,1-2,5,7H2,(H,12,14). The van der Waals surface area contributed by atoms with Gasteiger partial charge in [0.25, 0.3) is 5.91 Å². The topological polar surface area (TPSA) is 52.6 Å². The van der Waals surface area contributed by atoms with E-state index in [-0.39, 0.29) is 0 Å². The van der Waals surface area contributed by atoms with E-state index < -0.39 is 5.91 Å². The summed E-state index contributed by atoms with van der Waals surface area (Å²) in [5, 5.41) is 8.57. The van der Waals surface area contributed by atoms with Gasteiger partial charge in [-0.2, -0.15) is 0 Å². The third-order valence-electron chi connectivity index (χ3n) is 2.79. The monoisotopic (exact) mass is 238 g/mol. The van der Waals surface area contributed by atoms with Gasteiger partial charge in [-0.15, -0.1) is 0 Å². The van der Waals surface area contributed by atoms with Gasteiger partial charge in [-0.25, -0.2) is 9.79 Å². The van der Waals surface area contributed by atoms with Crippen molar-refractivity contribution in [1.29, 1.82) is 0 Å². The third kappa shape index (κ3) is 2.37. The van der Waals surface area contributed by atoms with E-state index in [0.717, 1.165) is 31.5 Å². The second-order valence-electron chi connectivity index (χ2n) is 3.92. The summed E-state index contributed by atoms with van der Waals surface area (Å²) < 4.78 is 1.94. The quantitative estimate of drug-likeness (QED) is 0.394. The van der Waals surface area contributed by atoms with Crippen LogP contribution in [0.3, 0.4) is 0 Å². The highest BCUT2D eigenvalue weighted by atomic mass is 32.1. The van der Waals surface area contributed by atoms with Crippen LogP contribution in [0.25, 0.3) is 0 Å². The van der Waals surface area contributed by atoms with Crippen molar-refractivity contribution in [3.05, 3.63) is 34.9 Å². The molecule has 5 heteroatoms. The number of benzene rings is 1. The molecule has 2 N–H and O–H groups in total. The highest BCUT2D eigenvalue weighted by Gasteiger charge is 2.14. The number of rotatable bonds is 1. The number of carbonyl (C=O) groups is 1. The largest absolute Gasteiger partial charge is 0.288 e. The molecular weight excluding hydrogens is 224 g/mol. The number of amides is 1. The number of hydrogen-bond donors (Lipinski definition) is 3. The lowest BCUT2D eigenvalue weighted by Gasteiger charge is -2.12. The molecule has 0 radical (unpaired) electrons. The van der Waals surface area contributed by atoms with Crippen LogP contribution in [-0.2, 0) is 13.0 Å². The van der Waals surface area contributed by atoms with Crippen LogP contribution in [0.5, 0.6) is 0 Å². The molecule has 0 aliphatic carbocycles. The lowest BCUT2D eigenvalue weighted by atomic mass is 10.0. The molecule has 0 spiro atoms. The van der Waals surface area contributed by atoms with E-state index >= 15 is 0 Å². The molecule has 0 bridgehead atoms. The Morgan fingerprint density at radius 2 is 2.25 bits per heavy atom. The summed E-state index contributed by atoms with van der Waals surface area (Å²) in [6, 6.07) is 5.50. The molecule has 0 unspecified atom stereocenters. The first-order valence-corrected chi connectivity index (χ1v) is 5.61. The molecule has 86 valence electrons. The van der Waals surface area contributed by atoms with Crippen LogP contribution in [0.4, 0.5) is 0 Å². The van der Waals surface area contributed by atoms with Crippen LogP contribution in [0.1, 0.15) is 27.9 Å². The summed E-state index contributed by atoms with van der Waals surface area (Å²) in [6.07, 6.45) is 2.08. The Kier molecular flexibility index (Phi) is 3.48. The number of thiol groups is 1. The molecule has 1 aliphatic heterocycles. The zero-order valence-electron chi connectivity index (χ0n) is 8.81. The minimum Gasteiger partial charge on any atom is -0.288 e. The van der Waals surface area contributed by atoms with Crippen LogP contribution in [0.2, 0.25) is 0 Å². The molecule has 0 saturated heterocycles. The van der Waals surface area contributed by atoms with E-state index in [2.05, 4.69) is 12.8 Å². The molecule has 0 saturated carbocycles. The first kappa shape index (κ1) is 11.4. The molecule has 1 amide bonds. The molecule has 0 fully saturated rings. The zero-order valence-corrected chi connectivity index (χ0v) is 9.70. The normalized spacial score (nSPS) is 16.4. The Morgan fingerprint density at radius 3 is 3.00 bits per heavy atom. The molecule has 1 aliphatic rings. The number of carbonyl (C=O) groups excluding carboxylic acids is 1. The van der Waals surface area contributed by atoms with Gasteiger partial charge in [-0.1, -0.05) is 18.9 Å². The molecule has 0 atom stereocenters. The van der Waals surface area contributed by atoms with Crippen LogP contribution in [-0.4, -0.2) is 22.0 Å². The van der Waals surface area contributed by atoms with Gasteiger partial charge < -0.3 is 0 Å². The molecule has 4 nitrogen and oxygen atoms in total. The average molecular weight is 238 g/mol. The Balaban J connectivity index is 2.33. The Morgan fingerprint density at radius 1 is 1.44 bits per heavy atom. The number of hydroxylamine groups is 1. The van der Waals surface area contributed by atoms with Gasteiger partial charge in [0.15, 0.2) is 0 Å². The highest BCUT2D eigenvalue weighted by molar-refractivity contribution is 7.77. The first-order chi connectivity index (χ1) is 7.70. The number of nitrogens with one attached hydrogen (secondary N) is 1. The second-order valence-corrected chi connectivity index (χ2v) is 4.48. The summed E-state index contributed by atoms with van der Waals surface area (Å²) in [7, 11) is 0. The number of nitrogens with zero attached hydrogens (tertiary/aromatic N) is 1. The molecule has 2 rings (SSSR count). The summed E-state index contributed by atoms with van der Waals surface area (Å²) in [6.45, 7) is 1.67. The van der Waals surface area contributed by atoms with Crippen molar-refractivity contribution in [2.75, 3.05) is 6.54 Å². The fourth-order valence-corrected chi connectivity index (χ4v) is 2.24. The minimum atomic E-state index is -0.474. The SMILES string of the molecule is O=C(NO)c1ccc2c(c1)CN(S)CCC2. The summed E-state index contributed by atoms with van der Waals surface area (Å²) in [4.78, 5) is 11.3. The number of fused-ring (bicyclic) bond motifs is 1. The second kappa shape index (κ2) is 4.86. The van der Waals surface area contributed by atoms with E-state index in [1.807, 2.05) is 16.4 Å². The molecule has 16 heavy (non-hydrogen) atoms. The Bertz CT molecular complexity index is 409.